The van der Waals surface area contributed by atoms with Gasteiger partial charge < -0.3 is 4.98 Å². The number of nitro benzene ring substituents is 1. The molecule has 0 aliphatic heterocycles. The maximum absolute atomic E-state index is 10.8. The summed E-state index contributed by atoms with van der Waals surface area (Å²) in [5.74, 6) is 0. The summed E-state index contributed by atoms with van der Waals surface area (Å²) in [7, 11) is 0. The Balaban J connectivity index is 2.26. The molecule has 2 aromatic heterocycles. The third kappa shape index (κ3) is 1.60. The Morgan fingerprint density at radius 3 is 2.88 bits per heavy atom. The van der Waals surface area contributed by atoms with E-state index in [0.717, 1.165) is 21.3 Å². The highest BCUT2D eigenvalue weighted by Gasteiger charge is 2.11. The number of hydrogen-bond donors (Lipinski definition) is 1. The fraction of sp³-hybridized carbons (Fsp3) is 0. The van der Waals surface area contributed by atoms with Crippen molar-refractivity contribution in [3.63, 3.8) is 0 Å². The van der Waals surface area contributed by atoms with Crippen molar-refractivity contribution in [2.24, 2.45) is 0 Å². The molecule has 0 saturated carbocycles. The topological polar surface area (TPSA) is 58.9 Å². The lowest BCUT2D eigenvalue weighted by Gasteiger charge is -1.95. The minimum Gasteiger partial charge on any atom is -0.361 e. The summed E-state index contributed by atoms with van der Waals surface area (Å²) >= 11 is 1.62. The van der Waals surface area contributed by atoms with Gasteiger partial charge in [0.15, 0.2) is 0 Å². The monoisotopic (exact) mass is 244 g/mol. The lowest BCUT2D eigenvalue weighted by molar-refractivity contribution is -0.384. The van der Waals surface area contributed by atoms with E-state index in [2.05, 4.69) is 4.98 Å². The summed E-state index contributed by atoms with van der Waals surface area (Å²) in [6, 6.07) is 8.84. The van der Waals surface area contributed by atoms with Gasteiger partial charge in [-0.3, -0.25) is 10.1 Å². The molecule has 84 valence electrons. The Labute approximate surface area is 101 Å². The molecule has 3 aromatic rings. The van der Waals surface area contributed by atoms with Gasteiger partial charge in [-0.2, -0.15) is 0 Å². The van der Waals surface area contributed by atoms with E-state index in [1.807, 2.05) is 23.7 Å². The highest BCUT2D eigenvalue weighted by molar-refractivity contribution is 7.13. The molecule has 1 N–H and O–H groups in total. The second-order valence-corrected chi connectivity index (χ2v) is 4.61. The van der Waals surface area contributed by atoms with Crippen LogP contribution in [0.5, 0.6) is 0 Å². The molecule has 0 amide bonds. The molecule has 0 bridgehead atoms. The van der Waals surface area contributed by atoms with Crippen LogP contribution in [0.4, 0.5) is 5.69 Å². The Bertz CT molecular complexity index is 686. The van der Waals surface area contributed by atoms with Gasteiger partial charge in [0, 0.05) is 39.7 Å². The second-order valence-electron chi connectivity index (χ2n) is 3.67. The van der Waals surface area contributed by atoms with Crippen LogP contribution in [0, 0.1) is 10.1 Å². The van der Waals surface area contributed by atoms with Crippen LogP contribution >= 0.6 is 11.3 Å². The Morgan fingerprint density at radius 2 is 2.18 bits per heavy atom. The van der Waals surface area contributed by atoms with Gasteiger partial charge in [0.05, 0.1) is 4.92 Å². The zero-order valence-electron chi connectivity index (χ0n) is 8.71. The van der Waals surface area contributed by atoms with E-state index >= 15 is 0 Å². The Hall–Kier alpha value is -2.14. The smallest absolute Gasteiger partial charge is 0.270 e. The van der Waals surface area contributed by atoms with Crippen molar-refractivity contribution >= 4 is 27.9 Å². The number of nitrogens with one attached hydrogen (secondary N) is 1. The van der Waals surface area contributed by atoms with E-state index in [1.165, 1.54) is 6.07 Å². The second kappa shape index (κ2) is 3.71. The SMILES string of the molecule is O=[N+]([O-])c1ccc2[nH]cc(-c3cccs3)c2c1. The van der Waals surface area contributed by atoms with Crippen LogP contribution in [0.25, 0.3) is 21.3 Å². The quantitative estimate of drug-likeness (QED) is 0.550. The number of hydrogen-bond acceptors (Lipinski definition) is 3. The summed E-state index contributed by atoms with van der Waals surface area (Å²) in [6.07, 6.45) is 1.89. The molecule has 4 nitrogen and oxygen atoms in total. The average Bonchev–Trinajstić information content (AvgIpc) is 2.96. The number of non-ortho nitro benzene ring substituents is 1. The normalized spacial score (nSPS) is 10.8. The van der Waals surface area contributed by atoms with Gasteiger partial charge in [0.25, 0.3) is 5.69 Å². The van der Waals surface area contributed by atoms with E-state index in [1.54, 1.807) is 23.5 Å². The van der Waals surface area contributed by atoms with E-state index in [4.69, 9.17) is 0 Å². The predicted molar refractivity (Wildman–Crippen MR) is 68.3 cm³/mol. The number of nitrogens with zero attached hydrogens (tertiary/aromatic N) is 1. The first-order valence-electron chi connectivity index (χ1n) is 5.05. The summed E-state index contributed by atoms with van der Waals surface area (Å²) in [5.41, 5.74) is 2.05. The summed E-state index contributed by atoms with van der Waals surface area (Å²) in [6.45, 7) is 0. The van der Waals surface area contributed by atoms with Crippen molar-refractivity contribution in [2.45, 2.75) is 0 Å². The third-order valence-electron chi connectivity index (χ3n) is 2.66. The van der Waals surface area contributed by atoms with Crippen LogP contribution in [-0.4, -0.2) is 9.91 Å². The summed E-state index contributed by atoms with van der Waals surface area (Å²) < 4.78 is 0. The predicted octanol–water partition coefficient (Wildman–Crippen LogP) is 3.80. The molecular weight excluding hydrogens is 236 g/mol. The molecule has 0 unspecified atom stereocenters. The van der Waals surface area contributed by atoms with Crippen molar-refractivity contribution < 1.29 is 4.92 Å². The van der Waals surface area contributed by atoms with Crippen molar-refractivity contribution in [2.75, 3.05) is 0 Å². The summed E-state index contributed by atoms with van der Waals surface area (Å²) in [5, 5.41) is 13.6. The van der Waals surface area contributed by atoms with Gasteiger partial charge in [-0.15, -0.1) is 11.3 Å². The van der Waals surface area contributed by atoms with Gasteiger partial charge in [-0.25, -0.2) is 0 Å². The highest BCUT2D eigenvalue weighted by Crippen LogP contribution is 2.33. The molecule has 0 radical (unpaired) electrons. The number of nitro groups is 1. The highest BCUT2D eigenvalue weighted by atomic mass is 32.1. The molecule has 0 saturated heterocycles. The number of thiophene rings is 1. The summed E-state index contributed by atoms with van der Waals surface area (Å²) in [4.78, 5) is 14.6. The molecular formula is C12H8N2O2S. The number of aromatic nitrogens is 1. The van der Waals surface area contributed by atoms with Crippen LogP contribution in [0.15, 0.2) is 41.9 Å². The van der Waals surface area contributed by atoms with Crippen LogP contribution in [0.2, 0.25) is 0 Å². The molecule has 17 heavy (non-hydrogen) atoms. The fourth-order valence-corrected chi connectivity index (χ4v) is 2.61. The largest absolute Gasteiger partial charge is 0.361 e. The number of H-pyrrole nitrogens is 1. The molecule has 1 aromatic carbocycles. The van der Waals surface area contributed by atoms with E-state index in [-0.39, 0.29) is 10.6 Å². The van der Waals surface area contributed by atoms with Gasteiger partial charge in [-0.1, -0.05) is 6.07 Å². The fourth-order valence-electron chi connectivity index (χ4n) is 1.86. The maximum Gasteiger partial charge on any atom is 0.270 e. The zero-order chi connectivity index (χ0) is 11.8. The van der Waals surface area contributed by atoms with E-state index in [9.17, 15) is 10.1 Å². The minimum atomic E-state index is -0.370. The van der Waals surface area contributed by atoms with Crippen LogP contribution in [0.1, 0.15) is 0 Å². The molecule has 0 atom stereocenters. The van der Waals surface area contributed by atoms with Gasteiger partial charge in [-0.05, 0) is 17.5 Å². The number of rotatable bonds is 2. The minimum absolute atomic E-state index is 0.120. The number of aromatic amines is 1. The molecule has 0 spiro atoms. The van der Waals surface area contributed by atoms with Crippen molar-refractivity contribution in [3.05, 3.63) is 52.0 Å². The van der Waals surface area contributed by atoms with Crippen molar-refractivity contribution in [1.82, 2.24) is 4.98 Å². The average molecular weight is 244 g/mol. The molecule has 0 aliphatic rings. The lowest BCUT2D eigenvalue weighted by atomic mass is 10.1. The van der Waals surface area contributed by atoms with E-state index < -0.39 is 0 Å². The van der Waals surface area contributed by atoms with Crippen LogP contribution in [0.3, 0.4) is 0 Å². The van der Waals surface area contributed by atoms with Crippen LogP contribution in [-0.2, 0) is 0 Å². The zero-order valence-corrected chi connectivity index (χ0v) is 9.53. The molecule has 2 heterocycles. The molecule has 0 aliphatic carbocycles. The first-order chi connectivity index (χ1) is 8.25. The van der Waals surface area contributed by atoms with Gasteiger partial charge in [0.2, 0.25) is 0 Å². The molecule has 5 heteroatoms. The molecule has 3 rings (SSSR count). The Kier molecular flexibility index (Phi) is 2.19. The van der Waals surface area contributed by atoms with Gasteiger partial charge >= 0.3 is 0 Å². The van der Waals surface area contributed by atoms with Crippen LogP contribution < -0.4 is 0 Å². The Morgan fingerprint density at radius 1 is 1.29 bits per heavy atom. The van der Waals surface area contributed by atoms with E-state index in [0.29, 0.717) is 0 Å². The molecule has 0 fully saturated rings. The number of benzene rings is 1. The standard InChI is InChI=1S/C12H8N2O2S/c15-14(16)8-3-4-11-9(6-8)10(7-13-11)12-2-1-5-17-12/h1-7,13H. The third-order valence-corrected chi connectivity index (χ3v) is 3.57. The van der Waals surface area contributed by atoms with Gasteiger partial charge in [0.1, 0.15) is 0 Å². The first-order valence-corrected chi connectivity index (χ1v) is 5.93. The van der Waals surface area contributed by atoms with Crippen molar-refractivity contribution in [1.29, 1.82) is 0 Å². The maximum atomic E-state index is 10.8. The number of fused-ring (bicyclic) bond motifs is 1. The lowest BCUT2D eigenvalue weighted by Crippen LogP contribution is -1.86. The first kappa shape index (κ1) is 10.0. The van der Waals surface area contributed by atoms with Crippen molar-refractivity contribution in [3.8, 4) is 10.4 Å².